The quantitative estimate of drug-likeness (QED) is 0.100. The van der Waals surface area contributed by atoms with Gasteiger partial charge in [-0.1, -0.05) is 86.6 Å². The molecule has 48 heavy (non-hydrogen) atoms. The third-order valence-electron chi connectivity index (χ3n) is 10.0. The highest BCUT2D eigenvalue weighted by Crippen LogP contribution is 2.41. The van der Waals surface area contributed by atoms with E-state index in [2.05, 4.69) is 65.6 Å². The van der Waals surface area contributed by atoms with Gasteiger partial charge in [-0.15, -0.1) is 0 Å². The van der Waals surface area contributed by atoms with Crippen LogP contribution in [-0.4, -0.2) is 77.4 Å². The maximum absolute atomic E-state index is 12.8. The minimum atomic E-state index is -0.420. The van der Waals surface area contributed by atoms with Gasteiger partial charge < -0.3 is 14.7 Å². The van der Waals surface area contributed by atoms with E-state index in [0.29, 0.717) is 31.2 Å². The maximum Gasteiger partial charge on any atom is 0.269 e. The zero-order valence-electron chi connectivity index (χ0n) is 28.3. The fourth-order valence-corrected chi connectivity index (χ4v) is 7.65. The van der Waals surface area contributed by atoms with Crippen molar-refractivity contribution in [2.75, 3.05) is 33.2 Å². The number of aliphatic imine (C=N–C) groups is 1. The number of allylic oxidation sites excluding steroid dienone is 1. The molecule has 2 atom stereocenters. The molecule has 2 unspecified atom stereocenters. The molecular weight excluding hydrogens is 602 g/mol. The Morgan fingerprint density at radius 3 is 2.00 bits per heavy atom. The van der Waals surface area contributed by atoms with Gasteiger partial charge in [-0.3, -0.25) is 24.7 Å². The van der Waals surface area contributed by atoms with Gasteiger partial charge in [-0.2, -0.15) is 0 Å². The van der Waals surface area contributed by atoms with Crippen LogP contribution in [0.3, 0.4) is 0 Å². The lowest BCUT2D eigenvalue weighted by Gasteiger charge is -2.41. The van der Waals surface area contributed by atoms with Gasteiger partial charge in [-0.05, 0) is 74.3 Å². The lowest BCUT2D eigenvalue weighted by molar-refractivity contribution is -0.384. The molecule has 9 heteroatoms. The molecule has 1 fully saturated rings. The number of benzene rings is 3. The van der Waals surface area contributed by atoms with E-state index >= 15 is 0 Å². The van der Waals surface area contributed by atoms with Crippen molar-refractivity contribution in [2.45, 2.75) is 63.8 Å². The van der Waals surface area contributed by atoms with E-state index in [1.807, 2.05) is 13.8 Å². The predicted molar refractivity (Wildman–Crippen MR) is 190 cm³/mol. The van der Waals surface area contributed by atoms with Crippen molar-refractivity contribution in [1.29, 1.82) is 0 Å². The number of hydrogen-bond acceptors (Lipinski definition) is 6. The lowest BCUT2D eigenvalue weighted by atomic mass is 9.76. The van der Waals surface area contributed by atoms with E-state index in [-0.39, 0.29) is 5.69 Å². The number of nitro groups is 1. The van der Waals surface area contributed by atoms with Crippen LogP contribution in [0, 0.1) is 16.0 Å². The number of nitro benzene ring substituents is 1. The molecule has 3 aromatic carbocycles. The van der Waals surface area contributed by atoms with Crippen molar-refractivity contribution in [3.05, 3.63) is 123 Å². The van der Waals surface area contributed by atoms with Crippen LogP contribution in [0.2, 0.25) is 0 Å². The summed E-state index contributed by atoms with van der Waals surface area (Å²) in [6, 6.07) is 27.7. The highest BCUT2D eigenvalue weighted by molar-refractivity contribution is 5.94. The van der Waals surface area contributed by atoms with Crippen molar-refractivity contribution < 1.29 is 14.5 Å². The van der Waals surface area contributed by atoms with Crippen LogP contribution in [0.1, 0.15) is 74.5 Å². The van der Waals surface area contributed by atoms with Crippen LogP contribution in [0.5, 0.6) is 0 Å². The van der Waals surface area contributed by atoms with E-state index in [0.717, 1.165) is 74.4 Å². The topological polar surface area (TPSA) is 99.4 Å². The Morgan fingerprint density at radius 2 is 1.50 bits per heavy atom. The van der Waals surface area contributed by atoms with Crippen LogP contribution in [-0.2, 0) is 9.59 Å². The Morgan fingerprint density at radius 1 is 0.896 bits per heavy atom. The average Bonchev–Trinajstić information content (AvgIpc) is 3.14. The second-order valence-corrected chi connectivity index (χ2v) is 12.8. The first-order valence-electron chi connectivity index (χ1n) is 17.2. The molecule has 0 saturated carbocycles. The van der Waals surface area contributed by atoms with Crippen molar-refractivity contribution in [2.24, 2.45) is 10.9 Å². The van der Waals surface area contributed by atoms with Gasteiger partial charge in [0, 0.05) is 37.4 Å². The molecule has 0 N–H and O–H groups in total. The summed E-state index contributed by atoms with van der Waals surface area (Å²) in [4.78, 5) is 46.8. The minimum Gasteiger partial charge on any atom is -0.339 e. The summed E-state index contributed by atoms with van der Waals surface area (Å²) in [6.07, 6.45) is 5.91. The third kappa shape index (κ3) is 7.73. The molecule has 2 heterocycles. The molecule has 2 amide bonds. The minimum absolute atomic E-state index is 0.00431. The Kier molecular flexibility index (Phi) is 11.9. The first kappa shape index (κ1) is 34.7. The van der Waals surface area contributed by atoms with Gasteiger partial charge >= 0.3 is 0 Å². The first-order chi connectivity index (χ1) is 23.4. The second kappa shape index (κ2) is 16.5. The number of amides is 2. The summed E-state index contributed by atoms with van der Waals surface area (Å²) in [5.74, 6) is 0.530. The predicted octanol–water partition coefficient (Wildman–Crippen LogP) is 7.01. The molecule has 9 nitrogen and oxygen atoms in total. The summed E-state index contributed by atoms with van der Waals surface area (Å²) < 4.78 is 0. The fraction of sp³-hybridized carbons (Fsp3) is 0.410. The highest BCUT2D eigenvalue weighted by Gasteiger charge is 2.40. The van der Waals surface area contributed by atoms with Crippen LogP contribution in [0.15, 0.2) is 101 Å². The monoisotopic (exact) mass is 649 g/mol. The number of carbonyl (C=O) groups is 2. The number of rotatable bonds is 15. The Hall–Kier alpha value is -4.63. The number of carbonyl (C=O) groups excluding carboxylic acids is 2. The standard InChI is InChI=1S/C39H47N5O4/c1-4-34-38(41(3)27-45)37(31-17-19-33(20-18-31)44(47)48)39(35(5-2)40-34)43(28-46)24-12-23-42-25-21-32(22-26-42)36(29-13-8-6-9-14-29)30-15-10-7-11-16-30/h6-11,13-20,27-28,32,36-38H,4-5,12,21-26H2,1-3H3. The Bertz CT molecular complexity index is 1540. The van der Waals surface area contributed by atoms with E-state index < -0.39 is 16.9 Å². The number of nitrogens with zero attached hydrogens (tertiary/aromatic N) is 5. The van der Waals surface area contributed by atoms with E-state index in [1.54, 1.807) is 29.0 Å². The van der Waals surface area contributed by atoms with Crippen molar-refractivity contribution >= 4 is 24.2 Å². The Labute approximate surface area is 284 Å². The van der Waals surface area contributed by atoms with Crippen molar-refractivity contribution in [3.63, 3.8) is 0 Å². The summed E-state index contributed by atoms with van der Waals surface area (Å²) in [7, 11) is 1.73. The van der Waals surface area contributed by atoms with Gasteiger partial charge in [0.2, 0.25) is 12.8 Å². The molecule has 2 aliphatic rings. The molecule has 0 spiro atoms. The number of piperidine rings is 1. The summed E-state index contributed by atoms with van der Waals surface area (Å²) >= 11 is 0. The summed E-state index contributed by atoms with van der Waals surface area (Å²) in [5, 5.41) is 11.4. The largest absolute Gasteiger partial charge is 0.339 e. The SMILES string of the molecule is CCC1=NC(CC)=C(N(C=O)CCCN2CCC(C(c3ccccc3)c3ccccc3)CC2)C(c2ccc([N+](=O)[O-])cc2)C1N(C)C=O. The highest BCUT2D eigenvalue weighted by atomic mass is 16.6. The molecule has 252 valence electrons. The second-order valence-electron chi connectivity index (χ2n) is 12.8. The average molecular weight is 650 g/mol. The molecular formula is C39H47N5O4. The molecule has 0 aliphatic carbocycles. The zero-order chi connectivity index (χ0) is 34.0. The summed E-state index contributed by atoms with van der Waals surface area (Å²) in [6.45, 7) is 7.43. The van der Waals surface area contributed by atoms with Gasteiger partial charge in [-0.25, -0.2) is 0 Å². The van der Waals surface area contributed by atoms with E-state index in [1.165, 1.54) is 23.3 Å². The smallest absolute Gasteiger partial charge is 0.269 e. The molecule has 5 rings (SSSR count). The van der Waals surface area contributed by atoms with Crippen LogP contribution < -0.4 is 0 Å². The molecule has 0 aromatic heterocycles. The normalized spacial score (nSPS) is 18.8. The molecule has 0 bridgehead atoms. The van der Waals surface area contributed by atoms with Crippen molar-refractivity contribution in [1.82, 2.24) is 14.7 Å². The number of likely N-dealkylation sites (tertiary alicyclic amines) is 1. The third-order valence-corrected chi connectivity index (χ3v) is 10.0. The number of non-ortho nitro benzene ring substituents is 1. The zero-order valence-corrected chi connectivity index (χ0v) is 28.3. The van der Waals surface area contributed by atoms with E-state index in [4.69, 9.17) is 4.99 Å². The van der Waals surface area contributed by atoms with Gasteiger partial charge in [0.25, 0.3) is 5.69 Å². The molecule has 3 aromatic rings. The number of likely N-dealkylation sites (N-methyl/N-ethyl adjacent to an activating group) is 1. The molecule has 2 aliphatic heterocycles. The first-order valence-corrected chi connectivity index (χ1v) is 17.2. The fourth-order valence-electron chi connectivity index (χ4n) is 7.65. The van der Waals surface area contributed by atoms with Gasteiger partial charge in [0.05, 0.1) is 28.3 Å². The van der Waals surface area contributed by atoms with Crippen LogP contribution in [0.25, 0.3) is 0 Å². The maximum atomic E-state index is 12.8. The molecule has 1 saturated heterocycles. The lowest BCUT2D eigenvalue weighted by Crippen LogP contribution is -2.47. The van der Waals surface area contributed by atoms with Crippen LogP contribution >= 0.6 is 0 Å². The van der Waals surface area contributed by atoms with Gasteiger partial charge in [0.15, 0.2) is 0 Å². The van der Waals surface area contributed by atoms with Crippen molar-refractivity contribution in [3.8, 4) is 0 Å². The van der Waals surface area contributed by atoms with E-state index in [9.17, 15) is 19.7 Å². The van der Waals surface area contributed by atoms with Crippen LogP contribution in [0.4, 0.5) is 5.69 Å². The summed E-state index contributed by atoms with van der Waals surface area (Å²) in [5.41, 5.74) is 5.97. The van der Waals surface area contributed by atoms with Gasteiger partial charge in [0.1, 0.15) is 0 Å². The number of hydrogen-bond donors (Lipinski definition) is 0. The Balaban J connectivity index is 1.31. The molecule has 0 radical (unpaired) electrons.